The summed E-state index contributed by atoms with van der Waals surface area (Å²) in [6.45, 7) is 4.74. The van der Waals surface area contributed by atoms with E-state index in [2.05, 4.69) is 0 Å². The lowest BCUT2D eigenvalue weighted by Crippen LogP contribution is -2.43. The van der Waals surface area contributed by atoms with Crippen LogP contribution in [0.4, 0.5) is 4.39 Å². The third-order valence-corrected chi connectivity index (χ3v) is 5.51. The monoisotopic (exact) mass is 315 g/mol. The first-order chi connectivity index (χ1) is 9.63. The van der Waals surface area contributed by atoms with E-state index in [1.165, 1.54) is 4.31 Å². The molecular weight excluding hydrogens is 297 g/mol. The van der Waals surface area contributed by atoms with Crippen LogP contribution in [0, 0.1) is 11.2 Å². The Hall–Kier alpha value is -1.47. The fourth-order valence-electron chi connectivity index (χ4n) is 2.55. The molecule has 1 aromatic rings. The van der Waals surface area contributed by atoms with E-state index < -0.39 is 27.4 Å². The molecule has 116 valence electrons. The van der Waals surface area contributed by atoms with Crippen molar-refractivity contribution in [2.75, 3.05) is 13.1 Å². The summed E-state index contributed by atoms with van der Waals surface area (Å²) in [5, 5.41) is 8.90. The number of piperidine rings is 1. The number of hydrogen-bond acceptors (Lipinski definition) is 3. The second-order valence-electron chi connectivity index (χ2n) is 6.05. The van der Waals surface area contributed by atoms with Gasteiger partial charge in [-0.05, 0) is 36.5 Å². The second kappa shape index (κ2) is 5.38. The normalized spacial score (nSPS) is 19.4. The average molecular weight is 315 g/mol. The van der Waals surface area contributed by atoms with Crippen molar-refractivity contribution in [3.05, 3.63) is 29.6 Å². The van der Waals surface area contributed by atoms with Crippen LogP contribution in [0.15, 0.2) is 23.1 Å². The van der Waals surface area contributed by atoms with Gasteiger partial charge in [0.15, 0.2) is 0 Å². The van der Waals surface area contributed by atoms with Gasteiger partial charge in [-0.1, -0.05) is 13.8 Å². The highest BCUT2D eigenvalue weighted by atomic mass is 32.2. The van der Waals surface area contributed by atoms with Crippen molar-refractivity contribution in [3.8, 4) is 0 Å². The number of carbonyl (C=O) groups is 1. The Morgan fingerprint density at radius 3 is 2.62 bits per heavy atom. The van der Waals surface area contributed by atoms with Crippen LogP contribution in [0.1, 0.15) is 37.0 Å². The third kappa shape index (κ3) is 3.24. The average Bonchev–Trinajstić information content (AvgIpc) is 2.37. The van der Waals surface area contributed by atoms with Gasteiger partial charge < -0.3 is 5.11 Å². The summed E-state index contributed by atoms with van der Waals surface area (Å²) in [5.41, 5.74) is -0.756. The molecule has 1 heterocycles. The molecule has 0 amide bonds. The predicted molar refractivity (Wildman–Crippen MR) is 75.1 cm³/mol. The number of nitrogens with zero attached hydrogens (tertiary/aromatic N) is 1. The Balaban J connectivity index is 2.40. The van der Waals surface area contributed by atoms with E-state index in [0.29, 0.717) is 13.1 Å². The van der Waals surface area contributed by atoms with Crippen LogP contribution in [-0.4, -0.2) is 36.9 Å². The third-order valence-electron chi connectivity index (χ3n) is 3.67. The van der Waals surface area contributed by atoms with Gasteiger partial charge in [-0.25, -0.2) is 17.6 Å². The molecule has 0 aromatic heterocycles. The molecule has 0 spiro atoms. The van der Waals surface area contributed by atoms with Crippen LogP contribution in [0.25, 0.3) is 0 Å². The van der Waals surface area contributed by atoms with E-state index >= 15 is 0 Å². The first kappa shape index (κ1) is 15.9. The smallest absolute Gasteiger partial charge is 0.338 e. The number of hydrogen-bond donors (Lipinski definition) is 1. The maximum absolute atomic E-state index is 13.4. The molecular formula is C14H18FNO4S. The van der Waals surface area contributed by atoms with Gasteiger partial charge >= 0.3 is 5.97 Å². The van der Waals surface area contributed by atoms with Gasteiger partial charge in [-0.15, -0.1) is 0 Å². The van der Waals surface area contributed by atoms with E-state index in [4.69, 9.17) is 5.11 Å². The molecule has 1 aliphatic heterocycles. The SMILES string of the molecule is CC1(C)CCCN(S(=O)(=O)c2ccc(F)c(C(=O)O)c2)C1. The molecule has 1 saturated heterocycles. The Bertz CT molecular complexity index is 670. The van der Waals surface area contributed by atoms with Crippen molar-refractivity contribution < 1.29 is 22.7 Å². The summed E-state index contributed by atoms with van der Waals surface area (Å²) in [5.74, 6) is -2.43. The number of carboxylic acids is 1. The highest BCUT2D eigenvalue weighted by molar-refractivity contribution is 7.89. The van der Waals surface area contributed by atoms with Crippen molar-refractivity contribution in [2.24, 2.45) is 5.41 Å². The Morgan fingerprint density at radius 1 is 1.38 bits per heavy atom. The molecule has 21 heavy (non-hydrogen) atoms. The lowest BCUT2D eigenvalue weighted by molar-refractivity contribution is 0.0691. The van der Waals surface area contributed by atoms with Crippen LogP contribution in [0.5, 0.6) is 0 Å². The molecule has 0 atom stereocenters. The number of benzene rings is 1. The Labute approximate surface area is 123 Å². The quantitative estimate of drug-likeness (QED) is 0.929. The van der Waals surface area contributed by atoms with Crippen LogP contribution in [0.3, 0.4) is 0 Å². The van der Waals surface area contributed by atoms with E-state index in [1.54, 1.807) is 0 Å². The standard InChI is InChI=1S/C14H18FNO4S/c1-14(2)6-3-7-16(9-14)21(19,20)10-4-5-12(15)11(8-10)13(17)18/h4-5,8H,3,6-7,9H2,1-2H3,(H,17,18). The van der Waals surface area contributed by atoms with Crippen molar-refractivity contribution >= 4 is 16.0 Å². The molecule has 0 bridgehead atoms. The highest BCUT2D eigenvalue weighted by Gasteiger charge is 2.34. The first-order valence-corrected chi connectivity index (χ1v) is 8.10. The summed E-state index contributed by atoms with van der Waals surface area (Å²) >= 11 is 0. The number of aromatic carboxylic acids is 1. The summed E-state index contributed by atoms with van der Waals surface area (Å²) < 4.78 is 39.9. The topological polar surface area (TPSA) is 74.7 Å². The van der Waals surface area contributed by atoms with Gasteiger partial charge in [-0.2, -0.15) is 4.31 Å². The number of rotatable bonds is 3. The molecule has 2 rings (SSSR count). The predicted octanol–water partition coefficient (Wildman–Crippen LogP) is 2.33. The molecule has 0 saturated carbocycles. The van der Waals surface area contributed by atoms with Crippen LogP contribution >= 0.6 is 0 Å². The summed E-state index contributed by atoms with van der Waals surface area (Å²) in [4.78, 5) is 10.8. The highest BCUT2D eigenvalue weighted by Crippen LogP contribution is 2.32. The minimum absolute atomic E-state index is 0.124. The largest absolute Gasteiger partial charge is 0.478 e. The van der Waals surface area contributed by atoms with Gasteiger partial charge in [-0.3, -0.25) is 0 Å². The molecule has 0 unspecified atom stereocenters. The molecule has 1 N–H and O–H groups in total. The van der Waals surface area contributed by atoms with Gasteiger partial charge in [0.1, 0.15) is 5.82 Å². The number of halogens is 1. The molecule has 7 heteroatoms. The van der Waals surface area contributed by atoms with Gasteiger partial charge in [0.05, 0.1) is 10.5 Å². The molecule has 0 radical (unpaired) electrons. The lowest BCUT2D eigenvalue weighted by atomic mass is 9.85. The van der Waals surface area contributed by atoms with Crippen molar-refractivity contribution in [2.45, 2.75) is 31.6 Å². The fourth-order valence-corrected chi connectivity index (χ4v) is 4.25. The van der Waals surface area contributed by atoms with Crippen LogP contribution < -0.4 is 0 Å². The Morgan fingerprint density at radius 2 is 2.05 bits per heavy atom. The molecule has 1 fully saturated rings. The van der Waals surface area contributed by atoms with E-state index in [0.717, 1.165) is 31.0 Å². The summed E-state index contributed by atoms with van der Waals surface area (Å²) in [6.07, 6.45) is 1.68. The van der Waals surface area contributed by atoms with Crippen LogP contribution in [0.2, 0.25) is 0 Å². The zero-order valence-corrected chi connectivity index (χ0v) is 12.8. The van der Waals surface area contributed by atoms with Gasteiger partial charge in [0.25, 0.3) is 0 Å². The van der Waals surface area contributed by atoms with Crippen molar-refractivity contribution in [3.63, 3.8) is 0 Å². The van der Waals surface area contributed by atoms with Gasteiger partial charge in [0.2, 0.25) is 10.0 Å². The van der Waals surface area contributed by atoms with Crippen LogP contribution in [-0.2, 0) is 10.0 Å². The van der Waals surface area contributed by atoms with E-state index in [-0.39, 0.29) is 10.3 Å². The molecule has 0 aliphatic carbocycles. The van der Waals surface area contributed by atoms with Crippen molar-refractivity contribution in [1.82, 2.24) is 4.31 Å². The van der Waals surface area contributed by atoms with Crippen molar-refractivity contribution in [1.29, 1.82) is 0 Å². The minimum atomic E-state index is -3.80. The van der Waals surface area contributed by atoms with E-state index in [1.807, 2.05) is 13.8 Å². The molecule has 1 aromatic carbocycles. The number of carboxylic acid groups (broad SMARTS) is 1. The maximum atomic E-state index is 13.4. The Kier molecular flexibility index (Phi) is 4.08. The zero-order valence-electron chi connectivity index (χ0n) is 12.0. The lowest BCUT2D eigenvalue weighted by Gasteiger charge is -2.37. The first-order valence-electron chi connectivity index (χ1n) is 6.66. The van der Waals surface area contributed by atoms with Gasteiger partial charge in [0, 0.05) is 13.1 Å². The molecule has 1 aliphatic rings. The number of sulfonamides is 1. The fraction of sp³-hybridized carbons (Fsp3) is 0.500. The summed E-state index contributed by atoms with van der Waals surface area (Å²) in [6, 6.07) is 2.87. The maximum Gasteiger partial charge on any atom is 0.338 e. The summed E-state index contributed by atoms with van der Waals surface area (Å²) in [7, 11) is -3.80. The zero-order chi connectivity index (χ0) is 15.8. The molecule has 5 nitrogen and oxygen atoms in total. The van der Waals surface area contributed by atoms with E-state index in [9.17, 15) is 17.6 Å². The minimum Gasteiger partial charge on any atom is -0.478 e. The second-order valence-corrected chi connectivity index (χ2v) is 7.99.